The predicted molar refractivity (Wildman–Crippen MR) is 49.3 cm³/mol. The van der Waals surface area contributed by atoms with Crippen LogP contribution in [0.1, 0.15) is 27.7 Å². The van der Waals surface area contributed by atoms with Gasteiger partial charge in [0.15, 0.2) is 0 Å². The smallest absolute Gasteiger partial charge is 0.0183 e. The van der Waals surface area contributed by atoms with Gasteiger partial charge in [-0.25, -0.2) is 0 Å². The summed E-state index contributed by atoms with van der Waals surface area (Å²) in [6.07, 6.45) is 2.14. The Balaban J connectivity index is 0. The Labute approximate surface area is 65.7 Å². The molecule has 0 aliphatic carbocycles. The van der Waals surface area contributed by atoms with E-state index in [1.54, 1.807) is 0 Å². The van der Waals surface area contributed by atoms with E-state index < -0.39 is 0 Å². The zero-order chi connectivity index (χ0) is 8.57. The van der Waals surface area contributed by atoms with Gasteiger partial charge in [-0.15, -0.1) is 0 Å². The van der Waals surface area contributed by atoms with E-state index in [-0.39, 0.29) is 0 Å². The molecule has 0 heterocycles. The van der Waals surface area contributed by atoms with Crippen LogP contribution in [-0.4, -0.2) is 25.5 Å². The van der Waals surface area contributed by atoms with Crippen LogP contribution in [0.15, 0.2) is 11.6 Å². The quantitative estimate of drug-likeness (QED) is 0.537. The van der Waals surface area contributed by atoms with Crippen LogP contribution < -0.4 is 0 Å². The third kappa shape index (κ3) is 10.6. The molecule has 1 heteroatoms. The lowest BCUT2D eigenvalue weighted by atomic mass is 10.3. The minimum Gasteiger partial charge on any atom is -0.305 e. The minimum absolute atomic E-state index is 1.08. The number of rotatable bonds is 2. The van der Waals surface area contributed by atoms with Gasteiger partial charge in [0.05, 0.1) is 0 Å². The molecule has 0 bridgehead atoms. The summed E-state index contributed by atoms with van der Waals surface area (Å²) in [5, 5.41) is 0. The highest BCUT2D eigenvalue weighted by Crippen LogP contribution is 1.91. The summed E-state index contributed by atoms with van der Waals surface area (Å²) in [5.74, 6) is 0. The Kier molecular flexibility index (Phi) is 10.8. The van der Waals surface area contributed by atoms with Crippen molar-refractivity contribution in [1.82, 2.24) is 4.90 Å². The highest BCUT2D eigenvalue weighted by molar-refractivity contribution is 4.97. The normalized spacial score (nSPS) is 10.9. The first kappa shape index (κ1) is 12.4. The number of hydrogen-bond acceptors (Lipinski definition) is 1. The zero-order valence-electron chi connectivity index (χ0n) is 8.23. The number of likely N-dealkylation sites (N-methyl/N-ethyl adjacent to an activating group) is 1. The van der Waals surface area contributed by atoms with Crippen molar-refractivity contribution in [2.24, 2.45) is 0 Å². The summed E-state index contributed by atoms with van der Waals surface area (Å²) in [6, 6.07) is 0. The van der Waals surface area contributed by atoms with Crippen molar-refractivity contribution in [2.75, 3.05) is 20.6 Å². The SMILES string of the molecule is C/C=C(/C)CN(C)C.CC. The second kappa shape index (κ2) is 8.70. The lowest BCUT2D eigenvalue weighted by Crippen LogP contribution is -2.13. The van der Waals surface area contributed by atoms with E-state index in [9.17, 15) is 0 Å². The van der Waals surface area contributed by atoms with Crippen molar-refractivity contribution in [3.63, 3.8) is 0 Å². The Morgan fingerprint density at radius 3 is 1.80 bits per heavy atom. The van der Waals surface area contributed by atoms with Crippen molar-refractivity contribution in [3.05, 3.63) is 11.6 Å². The average Bonchev–Trinajstić information content (AvgIpc) is 1.91. The van der Waals surface area contributed by atoms with Crippen molar-refractivity contribution < 1.29 is 0 Å². The van der Waals surface area contributed by atoms with Gasteiger partial charge in [-0.3, -0.25) is 0 Å². The Bertz CT molecular complexity index is 82.7. The van der Waals surface area contributed by atoms with Gasteiger partial charge in [0.2, 0.25) is 0 Å². The molecule has 0 saturated heterocycles. The molecule has 0 unspecified atom stereocenters. The summed E-state index contributed by atoms with van der Waals surface area (Å²) in [7, 11) is 4.15. The van der Waals surface area contributed by atoms with Gasteiger partial charge >= 0.3 is 0 Å². The van der Waals surface area contributed by atoms with E-state index in [2.05, 4.69) is 38.9 Å². The van der Waals surface area contributed by atoms with E-state index in [0.29, 0.717) is 0 Å². The fourth-order valence-electron chi connectivity index (χ4n) is 0.590. The molecule has 0 atom stereocenters. The molecule has 0 fully saturated rings. The van der Waals surface area contributed by atoms with Crippen LogP contribution in [0.2, 0.25) is 0 Å². The standard InChI is InChI=1S/C7H15N.C2H6/c1-5-7(2)6-8(3)4;1-2/h5H,6H2,1-4H3;1-2H3/b7-5-;. The van der Waals surface area contributed by atoms with Crippen LogP contribution in [0, 0.1) is 0 Å². The van der Waals surface area contributed by atoms with Crippen LogP contribution in [-0.2, 0) is 0 Å². The average molecular weight is 143 g/mol. The second-order valence-corrected chi connectivity index (χ2v) is 2.37. The predicted octanol–water partition coefficient (Wildman–Crippen LogP) is 2.54. The molecule has 0 N–H and O–H groups in total. The summed E-state index contributed by atoms with van der Waals surface area (Å²) in [5.41, 5.74) is 1.43. The Morgan fingerprint density at radius 1 is 1.30 bits per heavy atom. The highest BCUT2D eigenvalue weighted by atomic mass is 15.0. The first-order chi connectivity index (χ1) is 4.66. The van der Waals surface area contributed by atoms with E-state index in [1.807, 2.05) is 13.8 Å². The van der Waals surface area contributed by atoms with E-state index in [4.69, 9.17) is 0 Å². The van der Waals surface area contributed by atoms with Gasteiger partial charge in [-0.05, 0) is 27.9 Å². The maximum atomic E-state index is 2.16. The van der Waals surface area contributed by atoms with Crippen LogP contribution in [0.4, 0.5) is 0 Å². The maximum absolute atomic E-state index is 2.16. The number of nitrogens with zero attached hydrogens (tertiary/aromatic N) is 1. The zero-order valence-corrected chi connectivity index (χ0v) is 8.23. The summed E-state index contributed by atoms with van der Waals surface area (Å²) in [6.45, 7) is 9.29. The van der Waals surface area contributed by atoms with Gasteiger partial charge in [-0.1, -0.05) is 25.5 Å². The topological polar surface area (TPSA) is 3.24 Å². The highest BCUT2D eigenvalue weighted by Gasteiger charge is 1.87. The third-order valence-electron chi connectivity index (χ3n) is 1.06. The fraction of sp³-hybridized carbons (Fsp3) is 0.778. The van der Waals surface area contributed by atoms with E-state index >= 15 is 0 Å². The molecule has 10 heavy (non-hydrogen) atoms. The summed E-state index contributed by atoms with van der Waals surface area (Å²) in [4.78, 5) is 2.16. The fourth-order valence-corrected chi connectivity index (χ4v) is 0.590. The molecule has 0 aliphatic rings. The lowest BCUT2D eigenvalue weighted by Gasteiger charge is -2.07. The third-order valence-corrected chi connectivity index (χ3v) is 1.06. The van der Waals surface area contributed by atoms with Gasteiger partial charge in [0, 0.05) is 6.54 Å². The van der Waals surface area contributed by atoms with Crippen molar-refractivity contribution in [3.8, 4) is 0 Å². The molecule has 1 nitrogen and oxygen atoms in total. The molecule has 0 aromatic heterocycles. The molecule has 62 valence electrons. The summed E-state index contributed by atoms with van der Waals surface area (Å²) >= 11 is 0. The maximum Gasteiger partial charge on any atom is 0.0183 e. The van der Waals surface area contributed by atoms with Crippen LogP contribution in [0.3, 0.4) is 0 Å². The molecule has 0 spiro atoms. The lowest BCUT2D eigenvalue weighted by molar-refractivity contribution is 0.445. The molecular formula is C9H21N. The number of hydrogen-bond donors (Lipinski definition) is 0. The molecule has 0 radical (unpaired) electrons. The molecule has 0 saturated carbocycles. The molecular weight excluding hydrogens is 122 g/mol. The molecule has 0 rings (SSSR count). The number of allylic oxidation sites excluding steroid dienone is 1. The van der Waals surface area contributed by atoms with E-state index in [1.165, 1.54) is 5.57 Å². The molecule has 0 aromatic carbocycles. The van der Waals surface area contributed by atoms with Crippen LogP contribution in [0.25, 0.3) is 0 Å². The largest absolute Gasteiger partial charge is 0.305 e. The second-order valence-electron chi connectivity index (χ2n) is 2.37. The van der Waals surface area contributed by atoms with Crippen molar-refractivity contribution in [2.45, 2.75) is 27.7 Å². The van der Waals surface area contributed by atoms with Gasteiger partial charge in [0.1, 0.15) is 0 Å². The van der Waals surface area contributed by atoms with Crippen LogP contribution >= 0.6 is 0 Å². The van der Waals surface area contributed by atoms with Gasteiger partial charge in [-0.2, -0.15) is 0 Å². The molecule has 0 aliphatic heterocycles. The first-order valence-electron chi connectivity index (χ1n) is 3.93. The monoisotopic (exact) mass is 143 g/mol. The molecule has 0 amide bonds. The van der Waals surface area contributed by atoms with Crippen molar-refractivity contribution >= 4 is 0 Å². The van der Waals surface area contributed by atoms with Crippen LogP contribution in [0.5, 0.6) is 0 Å². The minimum atomic E-state index is 1.08. The molecule has 0 aromatic rings. The summed E-state index contributed by atoms with van der Waals surface area (Å²) < 4.78 is 0. The van der Waals surface area contributed by atoms with Gasteiger partial charge < -0.3 is 4.90 Å². The van der Waals surface area contributed by atoms with Gasteiger partial charge in [0.25, 0.3) is 0 Å². The Hall–Kier alpha value is -0.300. The van der Waals surface area contributed by atoms with Crippen molar-refractivity contribution in [1.29, 1.82) is 0 Å². The first-order valence-corrected chi connectivity index (χ1v) is 3.93. The van der Waals surface area contributed by atoms with E-state index in [0.717, 1.165) is 6.54 Å². The Morgan fingerprint density at radius 2 is 1.70 bits per heavy atom.